The average Bonchev–Trinajstić information content (AvgIpc) is 3.09. The number of rotatable bonds is 5. The van der Waals surface area contributed by atoms with Crippen molar-refractivity contribution >= 4 is 23.6 Å². The van der Waals surface area contributed by atoms with Crippen molar-refractivity contribution in [3.63, 3.8) is 0 Å². The van der Waals surface area contributed by atoms with Crippen LogP contribution in [0.2, 0.25) is 0 Å². The number of hydrogen-bond acceptors (Lipinski definition) is 5. The van der Waals surface area contributed by atoms with E-state index in [1.165, 1.54) is 17.3 Å². The first kappa shape index (κ1) is 17.5. The normalized spacial score (nSPS) is 17.5. The van der Waals surface area contributed by atoms with Crippen molar-refractivity contribution in [3.05, 3.63) is 29.8 Å². The van der Waals surface area contributed by atoms with Crippen LogP contribution in [0.5, 0.6) is 0 Å². The van der Waals surface area contributed by atoms with Crippen LogP contribution in [0.1, 0.15) is 24.8 Å². The third-order valence-electron chi connectivity index (χ3n) is 4.27. The molecule has 0 unspecified atom stereocenters. The number of carbonyl (C=O) groups excluding carboxylic acids is 2. The third-order valence-corrected chi connectivity index (χ3v) is 5.10. The lowest BCUT2D eigenvalue weighted by Gasteiger charge is -2.33. The molecule has 1 aromatic carbocycles. The highest BCUT2D eigenvalue weighted by atomic mass is 32.2. The molecule has 3 N–H and O–H groups in total. The number of piperidine rings is 1. The Balaban J connectivity index is 1.61. The third kappa shape index (κ3) is 4.19. The van der Waals surface area contributed by atoms with Crippen molar-refractivity contribution in [2.45, 2.75) is 37.4 Å². The number of H-pyrrole nitrogens is 1. The maximum atomic E-state index is 12.4. The standard InChI is InChI=1S/C17H21N5O2S/c1-11-5-7-12(8-6-11)16-19-17(21-20-16)25-10-14(23)22-9-3-2-4-13(22)15(18)24/h5-8,13H,2-4,9-10H2,1H3,(H2,18,24)(H,19,20,21)/t13-/m1/s1. The van der Waals surface area contributed by atoms with Gasteiger partial charge in [0.25, 0.3) is 0 Å². The molecule has 3 rings (SSSR count). The van der Waals surface area contributed by atoms with E-state index < -0.39 is 11.9 Å². The van der Waals surface area contributed by atoms with Crippen molar-refractivity contribution < 1.29 is 9.59 Å². The predicted molar refractivity (Wildman–Crippen MR) is 95.8 cm³/mol. The number of benzene rings is 1. The lowest BCUT2D eigenvalue weighted by molar-refractivity contribution is -0.138. The monoisotopic (exact) mass is 359 g/mol. The summed E-state index contributed by atoms with van der Waals surface area (Å²) in [5.74, 6) is 0.324. The molecule has 7 nitrogen and oxygen atoms in total. The van der Waals surface area contributed by atoms with E-state index in [4.69, 9.17) is 5.73 Å². The van der Waals surface area contributed by atoms with Gasteiger partial charge in [-0.25, -0.2) is 4.98 Å². The number of nitrogens with two attached hydrogens (primary N) is 1. The number of aromatic amines is 1. The fourth-order valence-corrected chi connectivity index (χ4v) is 3.57. The van der Waals surface area contributed by atoms with Gasteiger partial charge in [-0.3, -0.25) is 14.7 Å². The van der Waals surface area contributed by atoms with Crippen LogP contribution in [0, 0.1) is 6.92 Å². The molecule has 0 saturated carbocycles. The Hall–Kier alpha value is -2.35. The van der Waals surface area contributed by atoms with Gasteiger partial charge in [-0.2, -0.15) is 0 Å². The van der Waals surface area contributed by atoms with E-state index in [2.05, 4.69) is 15.2 Å². The maximum absolute atomic E-state index is 12.4. The molecule has 1 saturated heterocycles. The molecule has 1 aliphatic rings. The highest BCUT2D eigenvalue weighted by Gasteiger charge is 2.30. The zero-order valence-corrected chi connectivity index (χ0v) is 14.9. The van der Waals surface area contributed by atoms with Crippen molar-refractivity contribution in [3.8, 4) is 11.4 Å². The molecule has 25 heavy (non-hydrogen) atoms. The van der Waals surface area contributed by atoms with Crippen LogP contribution >= 0.6 is 11.8 Å². The molecule has 2 amide bonds. The number of aromatic nitrogens is 3. The largest absolute Gasteiger partial charge is 0.368 e. The number of amides is 2. The van der Waals surface area contributed by atoms with Gasteiger partial charge in [0, 0.05) is 12.1 Å². The van der Waals surface area contributed by atoms with Crippen LogP contribution in [-0.2, 0) is 9.59 Å². The Morgan fingerprint density at radius 3 is 2.80 bits per heavy atom. The van der Waals surface area contributed by atoms with Gasteiger partial charge in [-0.1, -0.05) is 41.6 Å². The summed E-state index contributed by atoms with van der Waals surface area (Å²) in [5.41, 5.74) is 7.53. The van der Waals surface area contributed by atoms with Crippen molar-refractivity contribution in [2.75, 3.05) is 12.3 Å². The molecule has 1 aromatic heterocycles. The Kier molecular flexibility index (Phi) is 5.37. The molecule has 0 radical (unpaired) electrons. The topological polar surface area (TPSA) is 105 Å². The summed E-state index contributed by atoms with van der Waals surface area (Å²) in [7, 11) is 0. The molecule has 1 aliphatic heterocycles. The highest BCUT2D eigenvalue weighted by Crippen LogP contribution is 2.22. The molecule has 1 atom stereocenters. The number of nitrogens with one attached hydrogen (secondary N) is 1. The summed E-state index contributed by atoms with van der Waals surface area (Å²) in [6, 6.07) is 7.47. The number of likely N-dealkylation sites (tertiary alicyclic amines) is 1. The van der Waals surface area contributed by atoms with E-state index in [1.807, 2.05) is 31.2 Å². The number of hydrogen-bond donors (Lipinski definition) is 2. The molecule has 8 heteroatoms. The van der Waals surface area contributed by atoms with E-state index >= 15 is 0 Å². The Morgan fingerprint density at radius 1 is 1.32 bits per heavy atom. The van der Waals surface area contributed by atoms with Crippen LogP contribution in [0.3, 0.4) is 0 Å². The molecule has 0 bridgehead atoms. The first-order valence-electron chi connectivity index (χ1n) is 8.25. The van der Waals surface area contributed by atoms with Gasteiger partial charge in [0.15, 0.2) is 5.82 Å². The summed E-state index contributed by atoms with van der Waals surface area (Å²) < 4.78 is 0. The minimum Gasteiger partial charge on any atom is -0.368 e. The molecule has 1 fully saturated rings. The zero-order valence-electron chi connectivity index (χ0n) is 14.1. The first-order chi connectivity index (χ1) is 12.0. The second-order valence-electron chi connectivity index (χ2n) is 6.12. The van der Waals surface area contributed by atoms with Crippen LogP contribution in [0.4, 0.5) is 0 Å². The van der Waals surface area contributed by atoms with E-state index in [0.717, 1.165) is 18.4 Å². The van der Waals surface area contributed by atoms with Crippen molar-refractivity contribution in [1.29, 1.82) is 0 Å². The van der Waals surface area contributed by atoms with Gasteiger partial charge in [0.1, 0.15) is 6.04 Å². The van der Waals surface area contributed by atoms with Gasteiger partial charge in [0.2, 0.25) is 17.0 Å². The quantitative estimate of drug-likeness (QED) is 0.791. The smallest absolute Gasteiger partial charge is 0.240 e. The molecule has 0 spiro atoms. The van der Waals surface area contributed by atoms with Gasteiger partial charge >= 0.3 is 0 Å². The van der Waals surface area contributed by atoms with E-state index in [-0.39, 0.29) is 11.7 Å². The van der Waals surface area contributed by atoms with E-state index in [9.17, 15) is 9.59 Å². The summed E-state index contributed by atoms with van der Waals surface area (Å²) in [6.07, 6.45) is 2.47. The summed E-state index contributed by atoms with van der Waals surface area (Å²) in [6.45, 7) is 2.60. The summed E-state index contributed by atoms with van der Waals surface area (Å²) in [5, 5.41) is 7.55. The number of aryl methyl sites for hydroxylation is 1. The minimum atomic E-state index is -0.489. The number of primary amides is 1. The van der Waals surface area contributed by atoms with Crippen LogP contribution in [0.25, 0.3) is 11.4 Å². The van der Waals surface area contributed by atoms with Crippen LogP contribution < -0.4 is 5.73 Å². The summed E-state index contributed by atoms with van der Waals surface area (Å²) in [4.78, 5) is 30.0. The number of thioether (sulfide) groups is 1. The SMILES string of the molecule is Cc1ccc(-c2nc(SCC(=O)N3CCCC[C@@H]3C(N)=O)n[nH]2)cc1. The maximum Gasteiger partial charge on any atom is 0.240 e. The van der Waals surface area contributed by atoms with Crippen LogP contribution in [-0.4, -0.2) is 50.2 Å². The molecular weight excluding hydrogens is 338 g/mol. The Morgan fingerprint density at radius 2 is 2.08 bits per heavy atom. The summed E-state index contributed by atoms with van der Waals surface area (Å²) >= 11 is 1.26. The minimum absolute atomic E-state index is 0.102. The first-order valence-corrected chi connectivity index (χ1v) is 9.24. The second kappa shape index (κ2) is 7.69. The Labute approximate surface area is 150 Å². The van der Waals surface area contributed by atoms with E-state index in [0.29, 0.717) is 23.9 Å². The van der Waals surface area contributed by atoms with Crippen molar-refractivity contribution in [2.24, 2.45) is 5.73 Å². The van der Waals surface area contributed by atoms with Crippen molar-refractivity contribution in [1.82, 2.24) is 20.1 Å². The molecular formula is C17H21N5O2S. The lowest BCUT2D eigenvalue weighted by atomic mass is 10.0. The fourth-order valence-electron chi connectivity index (χ4n) is 2.89. The van der Waals surface area contributed by atoms with Gasteiger partial charge in [-0.05, 0) is 26.2 Å². The molecule has 2 aromatic rings. The van der Waals surface area contributed by atoms with Gasteiger partial charge in [0.05, 0.1) is 5.75 Å². The lowest BCUT2D eigenvalue weighted by Crippen LogP contribution is -2.51. The number of nitrogens with zero attached hydrogens (tertiary/aromatic N) is 3. The number of carbonyl (C=O) groups is 2. The predicted octanol–water partition coefficient (Wildman–Crippen LogP) is 1.74. The van der Waals surface area contributed by atoms with Crippen LogP contribution in [0.15, 0.2) is 29.4 Å². The average molecular weight is 359 g/mol. The molecule has 0 aliphatic carbocycles. The zero-order chi connectivity index (χ0) is 17.8. The fraction of sp³-hybridized carbons (Fsp3) is 0.412. The van der Waals surface area contributed by atoms with E-state index in [1.54, 1.807) is 4.90 Å². The highest BCUT2D eigenvalue weighted by molar-refractivity contribution is 7.99. The Bertz CT molecular complexity index is 759. The molecule has 2 heterocycles. The van der Waals surface area contributed by atoms with Gasteiger partial charge < -0.3 is 10.6 Å². The second-order valence-corrected chi connectivity index (χ2v) is 7.06. The molecule has 132 valence electrons. The van der Waals surface area contributed by atoms with Gasteiger partial charge in [-0.15, -0.1) is 5.10 Å².